The molecule has 0 amide bonds. The number of aryl methyl sites for hydroxylation is 1. The number of methoxy groups -OCH3 is 1. The van der Waals surface area contributed by atoms with Gasteiger partial charge < -0.3 is 28.7 Å². The topological polar surface area (TPSA) is 149 Å². The summed E-state index contributed by atoms with van der Waals surface area (Å²) in [5.74, 6) is 0. The predicted molar refractivity (Wildman–Crippen MR) is 94.0 cm³/mol. The summed E-state index contributed by atoms with van der Waals surface area (Å²) in [6.07, 6.45) is -3.75. The zero-order valence-electron chi connectivity index (χ0n) is 15.4. The number of nitrogens with one attached hydrogen (secondary N) is 1. The maximum Gasteiger partial charge on any atom is 0.330 e. The molecule has 0 aromatic carbocycles. The average molecular weight is 408 g/mol. The van der Waals surface area contributed by atoms with Crippen LogP contribution in [0.5, 0.6) is 0 Å². The quantitative estimate of drug-likeness (QED) is 0.475. The van der Waals surface area contributed by atoms with E-state index in [0.29, 0.717) is 0 Å². The smallest absolute Gasteiger partial charge is 0.330 e. The molecular formula is C15H25N2O9P. The van der Waals surface area contributed by atoms with Crippen LogP contribution >= 0.6 is 8.25 Å². The van der Waals surface area contributed by atoms with Gasteiger partial charge in [0.25, 0.3) is 5.56 Å². The lowest BCUT2D eigenvalue weighted by molar-refractivity contribution is -0.127. The Morgan fingerprint density at radius 2 is 2.00 bits per heavy atom. The maximum atomic E-state index is 12.3. The number of ether oxygens (including phenoxy) is 3. The second kappa shape index (κ2) is 9.24. The van der Waals surface area contributed by atoms with Crippen LogP contribution in [-0.4, -0.2) is 63.8 Å². The van der Waals surface area contributed by atoms with Crippen molar-refractivity contribution in [3.8, 4) is 0 Å². The molecule has 1 saturated heterocycles. The molecule has 2 heterocycles. The molecule has 1 aliphatic heterocycles. The highest BCUT2D eigenvalue weighted by atomic mass is 31.1. The van der Waals surface area contributed by atoms with E-state index in [1.165, 1.54) is 20.2 Å². The largest absolute Gasteiger partial charge is 0.394 e. The number of aliphatic hydroxyl groups excluding tert-OH is 1. The molecule has 2 rings (SSSR count). The molecule has 0 spiro atoms. The molecule has 2 unspecified atom stereocenters. The number of hydrogen-bond acceptors (Lipinski definition) is 8. The summed E-state index contributed by atoms with van der Waals surface area (Å²) in [6, 6.07) is 0. The molecule has 154 valence electrons. The molecule has 27 heavy (non-hydrogen) atoms. The van der Waals surface area contributed by atoms with E-state index < -0.39 is 56.8 Å². The number of H-pyrrole nitrogens is 1. The lowest BCUT2D eigenvalue weighted by Crippen LogP contribution is -2.43. The third-order valence-electron chi connectivity index (χ3n) is 4.53. The Balaban J connectivity index is 2.46. The van der Waals surface area contributed by atoms with Crippen molar-refractivity contribution in [3.63, 3.8) is 0 Å². The van der Waals surface area contributed by atoms with Gasteiger partial charge in [0, 0.05) is 18.9 Å². The third-order valence-corrected chi connectivity index (χ3v) is 5.00. The van der Waals surface area contributed by atoms with Crippen molar-refractivity contribution in [3.05, 3.63) is 32.6 Å². The molecule has 1 aromatic rings. The van der Waals surface area contributed by atoms with Gasteiger partial charge in [-0.1, -0.05) is 0 Å². The van der Waals surface area contributed by atoms with Gasteiger partial charge in [-0.05, 0) is 20.8 Å². The summed E-state index contributed by atoms with van der Waals surface area (Å²) >= 11 is 0. The second-order valence-corrected chi connectivity index (χ2v) is 7.09. The van der Waals surface area contributed by atoms with Gasteiger partial charge >= 0.3 is 13.9 Å². The SMILES string of the molecule is CO[C@@H](C)[C@H](C)OC1[C@@H](O[PH](=O)O)[C@@H](CO)O[C@H]1n1cc(C)c(=O)[nH]c1=O. The lowest BCUT2D eigenvalue weighted by atomic mass is 10.1. The highest BCUT2D eigenvalue weighted by molar-refractivity contribution is 7.32. The first-order chi connectivity index (χ1) is 12.7. The molecule has 0 saturated carbocycles. The fraction of sp³-hybridized carbons (Fsp3) is 0.733. The van der Waals surface area contributed by atoms with Crippen molar-refractivity contribution < 1.29 is 33.3 Å². The Bertz CT molecular complexity index is 779. The van der Waals surface area contributed by atoms with E-state index in [9.17, 15) is 24.2 Å². The van der Waals surface area contributed by atoms with Crippen molar-refractivity contribution in [2.24, 2.45) is 0 Å². The first kappa shape index (κ1) is 22.0. The van der Waals surface area contributed by atoms with Crippen molar-refractivity contribution in [1.29, 1.82) is 0 Å². The van der Waals surface area contributed by atoms with Crippen LogP contribution in [0.25, 0.3) is 0 Å². The Labute approximate surface area is 155 Å². The minimum Gasteiger partial charge on any atom is -0.394 e. The number of aromatic amines is 1. The van der Waals surface area contributed by atoms with Crippen molar-refractivity contribution in [2.75, 3.05) is 13.7 Å². The Morgan fingerprint density at radius 1 is 1.33 bits per heavy atom. The number of aromatic nitrogens is 2. The monoisotopic (exact) mass is 408 g/mol. The molecule has 1 aromatic heterocycles. The average Bonchev–Trinajstić information content (AvgIpc) is 2.94. The minimum atomic E-state index is -3.38. The van der Waals surface area contributed by atoms with Gasteiger partial charge in [-0.15, -0.1) is 0 Å². The summed E-state index contributed by atoms with van der Waals surface area (Å²) in [5, 5.41) is 9.59. The number of nitrogens with zero attached hydrogens (tertiary/aromatic N) is 1. The Hall–Kier alpha value is -1.33. The summed E-state index contributed by atoms with van der Waals surface area (Å²) < 4.78 is 34.3. The first-order valence-corrected chi connectivity index (χ1v) is 9.62. The Morgan fingerprint density at radius 3 is 2.56 bits per heavy atom. The van der Waals surface area contributed by atoms with E-state index >= 15 is 0 Å². The van der Waals surface area contributed by atoms with Crippen LogP contribution in [0, 0.1) is 6.92 Å². The van der Waals surface area contributed by atoms with E-state index in [1.807, 2.05) is 0 Å². The molecule has 0 aliphatic carbocycles. The summed E-state index contributed by atoms with van der Waals surface area (Å²) in [6.45, 7) is 4.47. The number of rotatable bonds is 8. The van der Waals surface area contributed by atoms with Gasteiger partial charge in [0.15, 0.2) is 6.23 Å². The van der Waals surface area contributed by atoms with Gasteiger partial charge in [-0.3, -0.25) is 18.9 Å². The summed E-state index contributed by atoms with van der Waals surface area (Å²) in [4.78, 5) is 35.3. The van der Waals surface area contributed by atoms with E-state index in [1.54, 1.807) is 13.8 Å². The fourth-order valence-corrected chi connectivity index (χ4v) is 3.33. The van der Waals surface area contributed by atoms with E-state index in [4.69, 9.17) is 18.7 Å². The van der Waals surface area contributed by atoms with Crippen LogP contribution < -0.4 is 11.2 Å². The normalized spacial score (nSPS) is 28.8. The highest BCUT2D eigenvalue weighted by Gasteiger charge is 2.49. The molecule has 12 heteroatoms. The van der Waals surface area contributed by atoms with Crippen molar-refractivity contribution in [1.82, 2.24) is 9.55 Å². The molecule has 1 aliphatic rings. The van der Waals surface area contributed by atoms with Gasteiger partial charge in [0.1, 0.15) is 18.3 Å². The molecule has 11 nitrogen and oxygen atoms in total. The first-order valence-electron chi connectivity index (χ1n) is 8.35. The minimum absolute atomic E-state index is 0.260. The number of aliphatic hydroxyl groups is 1. The van der Waals surface area contributed by atoms with Gasteiger partial charge in [0.05, 0.1) is 18.8 Å². The van der Waals surface area contributed by atoms with Crippen LogP contribution in [0.15, 0.2) is 15.8 Å². The zero-order chi connectivity index (χ0) is 20.3. The van der Waals surface area contributed by atoms with Gasteiger partial charge in [-0.2, -0.15) is 0 Å². The molecule has 3 N–H and O–H groups in total. The molecule has 1 fully saturated rings. The molecular weight excluding hydrogens is 383 g/mol. The summed E-state index contributed by atoms with van der Waals surface area (Å²) in [5.41, 5.74) is -1.03. The van der Waals surface area contributed by atoms with Crippen LogP contribution in [0.3, 0.4) is 0 Å². The van der Waals surface area contributed by atoms with E-state index in [-0.39, 0.29) is 11.7 Å². The van der Waals surface area contributed by atoms with Crippen LogP contribution in [0.2, 0.25) is 0 Å². The number of hydrogen-bond donors (Lipinski definition) is 3. The third kappa shape index (κ3) is 4.94. The van der Waals surface area contributed by atoms with Gasteiger partial charge in [-0.25, -0.2) is 4.79 Å². The standard InChI is InChI=1S/C15H25N2O9P/c1-7-5-17(15(20)16-13(7)19)14-12(24-9(3)8(2)23-4)11(26-27(21)22)10(6-18)25-14/h5,8-12,14,18,27H,6H2,1-4H3,(H,21,22)(H,16,19,20)/t8-,9-,10+,11-,12?,14+/m0/s1. The van der Waals surface area contributed by atoms with E-state index in [0.717, 1.165) is 4.57 Å². The zero-order valence-corrected chi connectivity index (χ0v) is 16.4. The fourth-order valence-electron chi connectivity index (χ4n) is 2.81. The van der Waals surface area contributed by atoms with Crippen molar-refractivity contribution >= 4 is 8.25 Å². The molecule has 7 atom stereocenters. The van der Waals surface area contributed by atoms with Crippen molar-refractivity contribution in [2.45, 2.75) is 57.5 Å². The molecule has 0 radical (unpaired) electrons. The Kier molecular flexibility index (Phi) is 7.52. The highest BCUT2D eigenvalue weighted by Crippen LogP contribution is 2.37. The summed E-state index contributed by atoms with van der Waals surface area (Å²) in [7, 11) is -1.88. The van der Waals surface area contributed by atoms with E-state index in [2.05, 4.69) is 4.98 Å². The van der Waals surface area contributed by atoms with Crippen LogP contribution in [0.4, 0.5) is 0 Å². The second-order valence-electron chi connectivity index (χ2n) is 6.32. The lowest BCUT2D eigenvalue weighted by Gasteiger charge is -2.29. The predicted octanol–water partition coefficient (Wildman–Crippen LogP) is -0.689. The van der Waals surface area contributed by atoms with Crippen LogP contribution in [-0.2, 0) is 23.3 Å². The van der Waals surface area contributed by atoms with Gasteiger partial charge in [0.2, 0.25) is 0 Å². The molecule has 0 bridgehead atoms. The van der Waals surface area contributed by atoms with Crippen LogP contribution in [0.1, 0.15) is 25.6 Å². The maximum absolute atomic E-state index is 12.3.